The molecule has 0 unspecified atom stereocenters. The van der Waals surface area contributed by atoms with Crippen molar-refractivity contribution < 1.29 is 4.74 Å². The number of hydrogen-bond donors (Lipinski definition) is 1. The average Bonchev–Trinajstić information content (AvgIpc) is 3.35. The number of nitrogens with zero attached hydrogens (tertiary/aromatic N) is 4. The molecule has 0 saturated heterocycles. The molecule has 1 N–H and O–H groups in total. The predicted molar refractivity (Wildman–Crippen MR) is 119 cm³/mol. The lowest BCUT2D eigenvalue weighted by Gasteiger charge is -2.07. The molecular formula is C23H16ClN5O2. The van der Waals surface area contributed by atoms with E-state index in [2.05, 4.69) is 16.0 Å². The van der Waals surface area contributed by atoms with Crippen molar-refractivity contribution in [3.05, 3.63) is 87.6 Å². The molecule has 0 spiro atoms. The summed E-state index contributed by atoms with van der Waals surface area (Å²) in [6, 6.07) is 16.8. The highest BCUT2D eigenvalue weighted by Crippen LogP contribution is 2.26. The van der Waals surface area contributed by atoms with Crippen LogP contribution < -0.4 is 10.4 Å². The molecule has 5 aromatic rings. The molecule has 0 amide bonds. The number of nitrogens with one attached hydrogen (secondary N) is 1. The number of halogens is 1. The van der Waals surface area contributed by atoms with Gasteiger partial charge in [0, 0.05) is 23.3 Å². The SMILES string of the molecule is COc1ccc(Cn2c(=O)n(-c3ccc4[nH]ccc4c3)c3ncc(C#N)cc32)cc1Cl. The van der Waals surface area contributed by atoms with Gasteiger partial charge < -0.3 is 9.72 Å². The maximum absolute atomic E-state index is 13.5. The number of ether oxygens (including phenoxy) is 1. The number of benzene rings is 2. The zero-order valence-corrected chi connectivity index (χ0v) is 17.2. The summed E-state index contributed by atoms with van der Waals surface area (Å²) in [4.78, 5) is 21.1. The lowest BCUT2D eigenvalue weighted by Crippen LogP contribution is -2.23. The summed E-state index contributed by atoms with van der Waals surface area (Å²) in [5.41, 5.74) is 3.70. The smallest absolute Gasteiger partial charge is 0.335 e. The van der Waals surface area contributed by atoms with E-state index in [0.717, 1.165) is 16.5 Å². The van der Waals surface area contributed by atoms with E-state index in [1.807, 2.05) is 36.5 Å². The van der Waals surface area contributed by atoms with Gasteiger partial charge in [0.05, 0.1) is 35.4 Å². The molecule has 0 aliphatic heterocycles. The molecular weight excluding hydrogens is 414 g/mol. The predicted octanol–water partition coefficient (Wildman–Crippen LogP) is 4.25. The molecule has 7 nitrogen and oxygen atoms in total. The minimum absolute atomic E-state index is 0.251. The lowest BCUT2D eigenvalue weighted by molar-refractivity contribution is 0.415. The first-order valence-electron chi connectivity index (χ1n) is 9.50. The highest BCUT2D eigenvalue weighted by atomic mass is 35.5. The van der Waals surface area contributed by atoms with Gasteiger partial charge in [-0.3, -0.25) is 4.57 Å². The third-order valence-corrected chi connectivity index (χ3v) is 5.55. The summed E-state index contributed by atoms with van der Waals surface area (Å²) in [6.07, 6.45) is 3.33. The summed E-state index contributed by atoms with van der Waals surface area (Å²) in [7, 11) is 1.55. The van der Waals surface area contributed by atoms with Crippen LogP contribution in [-0.4, -0.2) is 26.2 Å². The largest absolute Gasteiger partial charge is 0.495 e. The first-order chi connectivity index (χ1) is 15.1. The summed E-state index contributed by atoms with van der Waals surface area (Å²) in [5, 5.41) is 10.8. The Morgan fingerprint density at radius 2 is 2.06 bits per heavy atom. The van der Waals surface area contributed by atoms with E-state index < -0.39 is 0 Å². The van der Waals surface area contributed by atoms with Gasteiger partial charge in [0.15, 0.2) is 5.65 Å². The van der Waals surface area contributed by atoms with Gasteiger partial charge in [-0.15, -0.1) is 0 Å². The first-order valence-corrected chi connectivity index (χ1v) is 9.88. The Balaban J connectivity index is 1.72. The Kier molecular flexibility index (Phi) is 4.50. The molecule has 0 bridgehead atoms. The monoisotopic (exact) mass is 429 g/mol. The molecule has 0 radical (unpaired) electrons. The Morgan fingerprint density at radius 1 is 1.19 bits per heavy atom. The van der Waals surface area contributed by atoms with E-state index in [1.54, 1.807) is 34.4 Å². The van der Waals surface area contributed by atoms with Gasteiger partial charge in [0.2, 0.25) is 0 Å². The van der Waals surface area contributed by atoms with Gasteiger partial charge in [0.1, 0.15) is 11.8 Å². The third-order valence-electron chi connectivity index (χ3n) is 5.25. The number of rotatable bonds is 4. The molecule has 3 heterocycles. The Labute approximate surface area is 181 Å². The van der Waals surface area contributed by atoms with Crippen molar-refractivity contribution in [2.45, 2.75) is 6.54 Å². The van der Waals surface area contributed by atoms with Crippen LogP contribution in [0.4, 0.5) is 0 Å². The molecule has 0 atom stereocenters. The second kappa shape index (κ2) is 7.35. The number of aromatic nitrogens is 4. The van der Waals surface area contributed by atoms with Crippen LogP contribution in [0.15, 0.2) is 65.7 Å². The minimum Gasteiger partial charge on any atom is -0.495 e. The van der Waals surface area contributed by atoms with Crippen molar-refractivity contribution in [1.29, 1.82) is 5.26 Å². The maximum Gasteiger partial charge on any atom is 0.335 e. The number of fused-ring (bicyclic) bond motifs is 2. The van der Waals surface area contributed by atoms with Crippen LogP contribution in [0, 0.1) is 11.3 Å². The van der Waals surface area contributed by atoms with Crippen LogP contribution in [0.25, 0.3) is 27.8 Å². The summed E-state index contributed by atoms with van der Waals surface area (Å²) >= 11 is 6.27. The average molecular weight is 430 g/mol. The van der Waals surface area contributed by atoms with Gasteiger partial charge in [-0.1, -0.05) is 17.7 Å². The quantitative estimate of drug-likeness (QED) is 0.462. The van der Waals surface area contributed by atoms with E-state index >= 15 is 0 Å². The third kappa shape index (κ3) is 3.14. The molecule has 8 heteroatoms. The number of hydrogen-bond acceptors (Lipinski definition) is 4. The Hall–Kier alpha value is -4.02. The number of imidazole rings is 1. The first kappa shape index (κ1) is 19.0. The number of nitriles is 1. The van der Waals surface area contributed by atoms with Crippen LogP contribution in [0.3, 0.4) is 0 Å². The topological polar surface area (TPSA) is 88.6 Å². The molecule has 152 valence electrons. The summed E-state index contributed by atoms with van der Waals surface area (Å²) < 4.78 is 8.38. The van der Waals surface area contributed by atoms with Crippen molar-refractivity contribution in [2.24, 2.45) is 0 Å². The molecule has 0 aliphatic carbocycles. The fourth-order valence-corrected chi connectivity index (χ4v) is 4.03. The van der Waals surface area contributed by atoms with Crippen LogP contribution in [-0.2, 0) is 6.54 Å². The fourth-order valence-electron chi connectivity index (χ4n) is 3.75. The Bertz CT molecular complexity index is 1550. The van der Waals surface area contributed by atoms with E-state index in [-0.39, 0.29) is 12.2 Å². The van der Waals surface area contributed by atoms with E-state index in [0.29, 0.717) is 33.2 Å². The number of methoxy groups -OCH3 is 1. The van der Waals surface area contributed by atoms with Crippen molar-refractivity contribution in [1.82, 2.24) is 19.1 Å². The number of aromatic amines is 1. The molecule has 0 fully saturated rings. The van der Waals surface area contributed by atoms with Gasteiger partial charge >= 0.3 is 5.69 Å². The zero-order valence-electron chi connectivity index (χ0n) is 16.5. The van der Waals surface area contributed by atoms with Crippen molar-refractivity contribution >= 4 is 33.7 Å². The zero-order chi connectivity index (χ0) is 21.5. The molecule has 0 aliphatic rings. The normalized spacial score (nSPS) is 11.1. The fraction of sp³-hybridized carbons (Fsp3) is 0.0870. The Morgan fingerprint density at radius 3 is 2.84 bits per heavy atom. The highest BCUT2D eigenvalue weighted by molar-refractivity contribution is 6.32. The second-order valence-corrected chi connectivity index (χ2v) is 7.51. The maximum atomic E-state index is 13.5. The standard InChI is InChI=1S/C23H16ClN5O2/c1-31-21-5-2-14(8-18(21)24)13-28-20-9-15(11-25)12-27-22(20)29(23(28)30)17-3-4-19-16(10-17)6-7-26-19/h2-10,12,26H,13H2,1H3. The molecule has 31 heavy (non-hydrogen) atoms. The molecule has 0 saturated carbocycles. The van der Waals surface area contributed by atoms with Crippen LogP contribution in [0.2, 0.25) is 5.02 Å². The van der Waals surface area contributed by atoms with Gasteiger partial charge in [-0.05, 0) is 48.0 Å². The second-order valence-electron chi connectivity index (χ2n) is 7.10. The minimum atomic E-state index is -0.251. The van der Waals surface area contributed by atoms with Crippen LogP contribution >= 0.6 is 11.6 Å². The molecule has 3 aromatic heterocycles. The van der Waals surface area contributed by atoms with Gasteiger partial charge in [0.25, 0.3) is 0 Å². The lowest BCUT2D eigenvalue weighted by atomic mass is 10.2. The van der Waals surface area contributed by atoms with E-state index in [4.69, 9.17) is 16.3 Å². The van der Waals surface area contributed by atoms with Crippen LogP contribution in [0.5, 0.6) is 5.75 Å². The van der Waals surface area contributed by atoms with Crippen molar-refractivity contribution in [3.8, 4) is 17.5 Å². The highest BCUT2D eigenvalue weighted by Gasteiger charge is 2.18. The number of H-pyrrole nitrogens is 1. The van der Waals surface area contributed by atoms with Crippen molar-refractivity contribution in [3.63, 3.8) is 0 Å². The van der Waals surface area contributed by atoms with Gasteiger partial charge in [-0.2, -0.15) is 5.26 Å². The number of pyridine rings is 1. The molecule has 2 aromatic carbocycles. The summed E-state index contributed by atoms with van der Waals surface area (Å²) in [5.74, 6) is 0.563. The van der Waals surface area contributed by atoms with E-state index in [1.165, 1.54) is 6.20 Å². The van der Waals surface area contributed by atoms with Gasteiger partial charge in [-0.25, -0.2) is 14.3 Å². The van der Waals surface area contributed by atoms with Crippen LogP contribution in [0.1, 0.15) is 11.1 Å². The van der Waals surface area contributed by atoms with Crippen molar-refractivity contribution in [2.75, 3.05) is 7.11 Å². The van der Waals surface area contributed by atoms with E-state index in [9.17, 15) is 10.1 Å². The molecule has 5 rings (SSSR count). The summed E-state index contributed by atoms with van der Waals surface area (Å²) in [6.45, 7) is 0.273.